The highest BCUT2D eigenvalue weighted by Gasteiger charge is 2.44. The van der Waals surface area contributed by atoms with Crippen molar-refractivity contribution in [3.8, 4) is 0 Å². The Morgan fingerprint density at radius 2 is 1.64 bits per heavy atom. The first-order valence-electron chi connectivity index (χ1n) is 11.2. The molecule has 0 amide bonds. The molecule has 2 aromatic heterocycles. The second-order valence-electron chi connectivity index (χ2n) is 8.01. The minimum Gasteiger partial charge on any atom is -0.475 e. The Morgan fingerprint density at radius 1 is 1.05 bits per heavy atom. The molecule has 3 heterocycles. The summed E-state index contributed by atoms with van der Waals surface area (Å²) in [7, 11) is 0. The quantitative estimate of drug-likeness (QED) is 0.390. The number of morpholine rings is 1. The van der Waals surface area contributed by atoms with Crippen molar-refractivity contribution in [2.75, 3.05) is 24.7 Å². The Hall–Kier alpha value is -3.54. The van der Waals surface area contributed by atoms with Gasteiger partial charge in [0.05, 0.1) is 31.1 Å². The monoisotopic (exact) mass is 575 g/mol. The molecule has 0 radical (unpaired) electrons. The van der Waals surface area contributed by atoms with Crippen molar-refractivity contribution in [1.29, 1.82) is 0 Å². The molecule has 1 aliphatic carbocycles. The number of hydrogen-bond acceptors (Lipinski definition) is 8. The van der Waals surface area contributed by atoms with Crippen LogP contribution in [0, 0.1) is 5.82 Å². The average Bonchev–Trinajstić information content (AvgIpc) is 3.52. The Balaban J connectivity index is 0.000000317. The van der Waals surface area contributed by atoms with Gasteiger partial charge in [-0.15, -0.1) is 0 Å². The van der Waals surface area contributed by atoms with Gasteiger partial charge >= 0.3 is 24.3 Å². The molecular weight excluding hydrogens is 551 g/mol. The van der Waals surface area contributed by atoms with Crippen LogP contribution < -0.4 is 4.90 Å². The number of carboxylic acid groups (broad SMARTS) is 2. The molecule has 0 aromatic carbocycles. The molecule has 3 atom stereocenters. The maximum atomic E-state index is 13.1. The summed E-state index contributed by atoms with van der Waals surface area (Å²) in [5.41, 5.74) is 0. The summed E-state index contributed by atoms with van der Waals surface area (Å²) in [5.74, 6) is -5.36. The van der Waals surface area contributed by atoms with Crippen molar-refractivity contribution in [2.24, 2.45) is 0 Å². The highest BCUT2D eigenvalue weighted by atomic mass is 19.4. The zero-order chi connectivity index (χ0) is 29.2. The molecule has 1 saturated heterocycles. The lowest BCUT2D eigenvalue weighted by molar-refractivity contribution is -0.193. The minimum absolute atomic E-state index is 0.0205. The zero-order valence-corrected chi connectivity index (χ0v) is 20.0. The van der Waals surface area contributed by atoms with Crippen molar-refractivity contribution >= 4 is 17.9 Å². The van der Waals surface area contributed by atoms with Gasteiger partial charge in [-0.3, -0.25) is 4.68 Å². The maximum Gasteiger partial charge on any atom is 0.490 e. The number of ether oxygens (including phenoxy) is 2. The van der Waals surface area contributed by atoms with Gasteiger partial charge in [0.2, 0.25) is 5.95 Å². The third-order valence-electron chi connectivity index (χ3n) is 5.31. The number of nitrogens with zero attached hydrogens (tertiary/aromatic N) is 5. The first-order valence-corrected chi connectivity index (χ1v) is 11.2. The van der Waals surface area contributed by atoms with Gasteiger partial charge in [-0.2, -0.15) is 31.4 Å². The van der Waals surface area contributed by atoms with E-state index < -0.39 is 30.1 Å². The predicted molar refractivity (Wildman–Crippen MR) is 116 cm³/mol. The Labute approximate surface area is 216 Å². The van der Waals surface area contributed by atoms with E-state index in [1.807, 2.05) is 16.9 Å². The number of fused-ring (bicyclic) bond motifs is 1. The lowest BCUT2D eigenvalue weighted by Gasteiger charge is -2.39. The Bertz CT molecular complexity index is 1010. The summed E-state index contributed by atoms with van der Waals surface area (Å²) in [6, 6.07) is 2.11. The van der Waals surface area contributed by atoms with E-state index in [0.29, 0.717) is 19.2 Å². The smallest absolute Gasteiger partial charge is 0.475 e. The van der Waals surface area contributed by atoms with Gasteiger partial charge in [-0.05, 0) is 25.3 Å². The number of hydrogen-bond donors (Lipinski definition) is 2. The van der Waals surface area contributed by atoms with Crippen molar-refractivity contribution in [2.45, 2.75) is 56.4 Å². The van der Waals surface area contributed by atoms with E-state index in [2.05, 4.69) is 20.0 Å². The molecule has 2 fully saturated rings. The number of rotatable bonds is 6. The molecule has 39 heavy (non-hydrogen) atoms. The molecule has 4 rings (SSSR count). The van der Waals surface area contributed by atoms with Gasteiger partial charge in [0.15, 0.2) is 5.82 Å². The fraction of sp³-hybridized carbons (Fsp3) is 0.571. The van der Waals surface area contributed by atoms with Crippen molar-refractivity contribution in [1.82, 2.24) is 19.7 Å². The topological polar surface area (TPSA) is 140 Å². The van der Waals surface area contributed by atoms with E-state index in [4.69, 9.17) is 29.3 Å². The Morgan fingerprint density at radius 3 is 2.15 bits per heavy atom. The van der Waals surface area contributed by atoms with E-state index >= 15 is 0 Å². The first-order chi connectivity index (χ1) is 18.2. The molecule has 0 unspecified atom stereocenters. The number of anilines is 1. The van der Waals surface area contributed by atoms with Gasteiger partial charge in [-0.1, -0.05) is 0 Å². The maximum absolute atomic E-state index is 13.1. The van der Waals surface area contributed by atoms with Crippen LogP contribution >= 0.6 is 0 Å². The normalized spacial score (nSPS) is 20.7. The second kappa shape index (κ2) is 14.0. The van der Waals surface area contributed by atoms with Crippen LogP contribution in [-0.2, 0) is 25.6 Å². The molecule has 18 heteroatoms. The molecular formula is C21H24F7N5O6. The number of aromatic nitrogens is 4. The van der Waals surface area contributed by atoms with Gasteiger partial charge in [0.25, 0.3) is 0 Å². The second-order valence-corrected chi connectivity index (χ2v) is 8.01. The number of aliphatic carboxylic acids is 2. The fourth-order valence-corrected chi connectivity index (χ4v) is 3.69. The summed E-state index contributed by atoms with van der Waals surface area (Å²) in [4.78, 5) is 28.2. The van der Waals surface area contributed by atoms with E-state index in [1.54, 1.807) is 6.20 Å². The molecule has 2 aromatic rings. The predicted octanol–water partition coefficient (Wildman–Crippen LogP) is 2.92. The van der Waals surface area contributed by atoms with Crippen molar-refractivity contribution in [3.63, 3.8) is 0 Å². The highest BCUT2D eigenvalue weighted by Crippen LogP contribution is 2.33. The third-order valence-corrected chi connectivity index (χ3v) is 5.31. The van der Waals surface area contributed by atoms with E-state index in [-0.39, 0.29) is 18.2 Å². The summed E-state index contributed by atoms with van der Waals surface area (Å²) < 4.78 is 90.5. The lowest BCUT2D eigenvalue weighted by Crippen LogP contribution is -2.52. The molecule has 0 spiro atoms. The standard InChI is InChI=1S/C17H22FN5O2.2C2HF3O2/c18-13-11-19-17(20-12-13)23-8-10-25-16-14(23)3-4-15(16)24-9-2-7-22-6-1-5-21-22;2*3-2(4,5)1(6)7/h1,5-6,11-12,14-16H,2-4,7-10H2;2*(H,6,7)/t14-,15+,16+;;/m0../s1. The number of carbonyl (C=O) groups is 2. The minimum atomic E-state index is -5.08. The molecule has 1 saturated carbocycles. The van der Waals surface area contributed by atoms with E-state index in [0.717, 1.165) is 32.4 Å². The van der Waals surface area contributed by atoms with Crippen LogP contribution in [0.25, 0.3) is 0 Å². The zero-order valence-electron chi connectivity index (χ0n) is 20.0. The largest absolute Gasteiger partial charge is 0.490 e. The van der Waals surface area contributed by atoms with Gasteiger partial charge in [-0.25, -0.2) is 23.9 Å². The van der Waals surface area contributed by atoms with Crippen LogP contribution in [0.15, 0.2) is 30.9 Å². The van der Waals surface area contributed by atoms with Crippen LogP contribution in [0.1, 0.15) is 19.3 Å². The fourth-order valence-electron chi connectivity index (χ4n) is 3.69. The number of alkyl halides is 6. The average molecular weight is 575 g/mol. The number of halogens is 7. The molecule has 11 nitrogen and oxygen atoms in total. The van der Waals surface area contributed by atoms with E-state index in [9.17, 15) is 30.7 Å². The summed E-state index contributed by atoms with van der Waals surface area (Å²) >= 11 is 0. The van der Waals surface area contributed by atoms with Crippen molar-refractivity contribution < 1.29 is 60.0 Å². The van der Waals surface area contributed by atoms with Crippen LogP contribution in [0.4, 0.5) is 36.7 Å². The lowest BCUT2D eigenvalue weighted by atomic mass is 10.1. The molecule has 0 bridgehead atoms. The highest BCUT2D eigenvalue weighted by molar-refractivity contribution is 5.73. The molecule has 1 aliphatic heterocycles. The molecule has 2 aliphatic rings. The van der Waals surface area contributed by atoms with Gasteiger partial charge < -0.3 is 24.6 Å². The van der Waals surface area contributed by atoms with Crippen LogP contribution in [0.3, 0.4) is 0 Å². The van der Waals surface area contributed by atoms with E-state index in [1.165, 1.54) is 12.4 Å². The van der Waals surface area contributed by atoms with Gasteiger partial charge in [0, 0.05) is 32.1 Å². The number of carboxylic acids is 2. The Kier molecular flexibility index (Phi) is 11.4. The molecule has 218 valence electrons. The summed E-state index contributed by atoms with van der Waals surface area (Å²) in [5, 5.41) is 18.4. The summed E-state index contributed by atoms with van der Waals surface area (Å²) in [6.07, 6.45) is -1.06. The summed E-state index contributed by atoms with van der Waals surface area (Å²) in [6.45, 7) is 2.86. The van der Waals surface area contributed by atoms with Crippen molar-refractivity contribution in [3.05, 3.63) is 36.7 Å². The van der Waals surface area contributed by atoms with Crippen LogP contribution in [0.2, 0.25) is 0 Å². The van der Waals surface area contributed by atoms with Crippen LogP contribution in [0.5, 0.6) is 0 Å². The first kappa shape index (κ1) is 31.7. The number of aryl methyl sites for hydroxylation is 1. The van der Waals surface area contributed by atoms with Gasteiger partial charge in [0.1, 0.15) is 6.10 Å². The molecule has 2 N–H and O–H groups in total. The SMILES string of the molecule is Fc1cnc(N2CCO[C@H]3[C@H](OCCCn4cccn4)CC[C@@H]32)nc1.O=C(O)C(F)(F)F.O=C(O)C(F)(F)F. The third kappa shape index (κ3) is 10.3. The van der Waals surface area contributed by atoms with Crippen LogP contribution in [-0.4, -0.2) is 92.3 Å².